The SMILES string of the molecule is CC(=O)/C=C/c1ccc(C)c(O)c1.Cc1ccc(C=O)cc1O.[Br][Cu][Br]. The summed E-state index contributed by atoms with van der Waals surface area (Å²) in [6.07, 6.45) is 3.87. The molecule has 0 saturated carbocycles. The van der Waals surface area contributed by atoms with E-state index in [1.165, 1.54) is 30.4 Å². The number of allylic oxidation sites excluding steroid dienone is 1. The number of hydrogen-bond donors (Lipinski definition) is 2. The third-order valence-corrected chi connectivity index (χ3v) is 3.11. The summed E-state index contributed by atoms with van der Waals surface area (Å²) in [6, 6.07) is 10.1. The summed E-state index contributed by atoms with van der Waals surface area (Å²) in [5, 5.41) is 18.4. The monoisotopic (exact) mass is 533 g/mol. The fraction of sp³-hybridized carbons (Fsp3) is 0.158. The molecule has 0 spiro atoms. The summed E-state index contributed by atoms with van der Waals surface area (Å²) >= 11 is 7.38. The fourth-order valence-corrected chi connectivity index (χ4v) is 1.64. The molecular formula is C19H20Br2CuO4. The van der Waals surface area contributed by atoms with Crippen molar-refractivity contribution in [1.82, 2.24) is 0 Å². The van der Waals surface area contributed by atoms with E-state index < -0.39 is 0 Å². The molecule has 0 saturated heterocycles. The van der Waals surface area contributed by atoms with Crippen molar-refractivity contribution in [2.75, 3.05) is 0 Å². The Morgan fingerprint density at radius 2 is 1.38 bits per heavy atom. The van der Waals surface area contributed by atoms with Gasteiger partial charge in [-0.1, -0.05) is 30.3 Å². The second-order valence-electron chi connectivity index (χ2n) is 5.20. The Balaban J connectivity index is 0.000000428. The summed E-state index contributed by atoms with van der Waals surface area (Å²) in [5.74, 6) is 0.426. The summed E-state index contributed by atoms with van der Waals surface area (Å²) < 4.78 is 0. The van der Waals surface area contributed by atoms with Gasteiger partial charge in [0.05, 0.1) is 0 Å². The zero-order valence-electron chi connectivity index (χ0n) is 14.5. The predicted molar refractivity (Wildman–Crippen MR) is 109 cm³/mol. The van der Waals surface area contributed by atoms with Crippen LogP contribution in [0.2, 0.25) is 0 Å². The van der Waals surface area contributed by atoms with Crippen molar-refractivity contribution in [1.29, 1.82) is 0 Å². The molecule has 0 radical (unpaired) electrons. The Bertz CT molecular complexity index is 761. The van der Waals surface area contributed by atoms with Gasteiger partial charge in [-0.05, 0) is 55.7 Å². The van der Waals surface area contributed by atoms with Gasteiger partial charge in [0, 0.05) is 5.56 Å². The second kappa shape index (κ2) is 13.8. The van der Waals surface area contributed by atoms with Crippen molar-refractivity contribution in [3.05, 3.63) is 64.7 Å². The average molecular weight is 536 g/mol. The Morgan fingerprint density at radius 3 is 1.77 bits per heavy atom. The van der Waals surface area contributed by atoms with Crippen LogP contribution >= 0.6 is 28.2 Å². The maximum atomic E-state index is 10.6. The predicted octanol–water partition coefficient (Wildman–Crippen LogP) is 5.50. The van der Waals surface area contributed by atoms with Crippen LogP contribution in [0.5, 0.6) is 11.5 Å². The van der Waals surface area contributed by atoms with E-state index >= 15 is 0 Å². The van der Waals surface area contributed by atoms with E-state index in [9.17, 15) is 14.7 Å². The van der Waals surface area contributed by atoms with Crippen LogP contribution in [0.1, 0.15) is 34.0 Å². The van der Waals surface area contributed by atoms with Gasteiger partial charge in [-0.3, -0.25) is 9.59 Å². The van der Waals surface area contributed by atoms with E-state index in [-0.39, 0.29) is 17.3 Å². The molecule has 0 aliphatic heterocycles. The summed E-state index contributed by atoms with van der Waals surface area (Å²) in [4.78, 5) is 20.8. The molecule has 0 aliphatic rings. The number of benzene rings is 2. The second-order valence-corrected chi connectivity index (χ2v) is 9.95. The zero-order chi connectivity index (χ0) is 20.1. The van der Waals surface area contributed by atoms with Gasteiger partial charge >= 0.3 is 39.6 Å². The third kappa shape index (κ3) is 10.6. The number of carbonyl (C=O) groups is 2. The number of aromatic hydroxyl groups is 2. The molecule has 2 aromatic carbocycles. The van der Waals surface area contributed by atoms with Gasteiger partial charge in [-0.25, -0.2) is 0 Å². The third-order valence-electron chi connectivity index (χ3n) is 3.11. The number of ketones is 1. The molecule has 0 fully saturated rings. The molecule has 0 amide bonds. The topological polar surface area (TPSA) is 74.6 Å². The molecule has 2 N–H and O–H groups in total. The van der Waals surface area contributed by atoms with Crippen molar-refractivity contribution in [3.63, 3.8) is 0 Å². The summed E-state index contributed by atoms with van der Waals surface area (Å²) in [6.45, 7) is 5.10. The Labute approximate surface area is 173 Å². The number of hydrogen-bond acceptors (Lipinski definition) is 4. The van der Waals surface area contributed by atoms with Crippen molar-refractivity contribution in [2.45, 2.75) is 20.8 Å². The minimum absolute atomic E-state index is 0.0000600. The van der Waals surface area contributed by atoms with Gasteiger partial charge in [0.25, 0.3) is 0 Å². The maximum absolute atomic E-state index is 10.6. The van der Waals surface area contributed by atoms with Crippen molar-refractivity contribution < 1.29 is 31.1 Å². The number of phenolic OH excluding ortho intramolecular Hbond substituents is 2. The molecule has 0 heterocycles. The van der Waals surface area contributed by atoms with Crippen LogP contribution in [0, 0.1) is 13.8 Å². The van der Waals surface area contributed by atoms with Crippen molar-refractivity contribution >= 4 is 46.4 Å². The van der Waals surface area contributed by atoms with Gasteiger partial charge < -0.3 is 10.2 Å². The minimum atomic E-state index is 0.0000600. The summed E-state index contributed by atoms with van der Waals surface area (Å²) in [5.41, 5.74) is 2.95. The van der Waals surface area contributed by atoms with Gasteiger partial charge in [-0.15, -0.1) is 0 Å². The van der Waals surface area contributed by atoms with Crippen LogP contribution < -0.4 is 0 Å². The standard InChI is InChI=1S/C11H12O2.C8H8O2.2BrH.Cu/c1-8-3-5-10(7-11(8)13)6-4-9(2)12;1-6-2-3-7(5-9)4-8(6)10;;;/h3-7,13H,1-2H3;2-5,10H,1H3;2*1H;/q;;;;+2/p-2/b6-4+;;;;. The van der Waals surface area contributed by atoms with Crippen LogP contribution in [-0.2, 0) is 16.1 Å². The molecule has 0 aromatic heterocycles. The van der Waals surface area contributed by atoms with Gasteiger partial charge in [-0.2, -0.15) is 0 Å². The molecule has 7 heteroatoms. The average Bonchev–Trinajstić information content (AvgIpc) is 2.59. The van der Waals surface area contributed by atoms with Gasteiger partial charge in [0.15, 0.2) is 5.78 Å². The fourth-order valence-electron chi connectivity index (χ4n) is 1.64. The molecule has 2 aromatic rings. The molecule has 4 nitrogen and oxygen atoms in total. The van der Waals surface area contributed by atoms with E-state index in [0.29, 0.717) is 11.8 Å². The summed E-state index contributed by atoms with van der Waals surface area (Å²) in [7, 11) is 0. The molecule has 26 heavy (non-hydrogen) atoms. The normalized spacial score (nSPS) is 9.73. The first-order valence-electron chi connectivity index (χ1n) is 7.29. The van der Waals surface area contributed by atoms with Gasteiger partial charge in [0.1, 0.15) is 17.8 Å². The van der Waals surface area contributed by atoms with E-state index in [0.717, 1.165) is 16.7 Å². The van der Waals surface area contributed by atoms with Crippen molar-refractivity contribution in [3.8, 4) is 11.5 Å². The van der Waals surface area contributed by atoms with Crippen LogP contribution in [0.15, 0.2) is 42.5 Å². The molecule has 0 aliphatic carbocycles. The van der Waals surface area contributed by atoms with E-state index in [2.05, 4.69) is 28.2 Å². The molecule has 2 rings (SSSR count). The Kier molecular flexibility index (Phi) is 13.0. The quantitative estimate of drug-likeness (QED) is 0.309. The van der Waals surface area contributed by atoms with E-state index in [4.69, 9.17) is 5.11 Å². The first-order valence-corrected chi connectivity index (χ1v) is 11.9. The number of aldehydes is 1. The Morgan fingerprint density at radius 1 is 0.962 bits per heavy atom. The molecule has 145 valence electrons. The first-order chi connectivity index (χ1) is 12.2. The number of rotatable bonds is 3. The molecule has 0 bridgehead atoms. The van der Waals surface area contributed by atoms with E-state index in [1.807, 2.05) is 19.1 Å². The first kappa shape index (κ1) is 24.6. The molecular weight excluding hydrogens is 516 g/mol. The van der Waals surface area contributed by atoms with Crippen LogP contribution in [0.25, 0.3) is 6.08 Å². The van der Waals surface area contributed by atoms with Gasteiger partial charge in [0.2, 0.25) is 0 Å². The molecule has 0 unspecified atom stereocenters. The van der Waals surface area contributed by atoms with Crippen LogP contribution in [-0.4, -0.2) is 22.3 Å². The number of aryl methyl sites for hydroxylation is 2. The Hall–Kier alpha value is -1.40. The van der Waals surface area contributed by atoms with Crippen molar-refractivity contribution in [2.24, 2.45) is 0 Å². The zero-order valence-corrected chi connectivity index (χ0v) is 18.6. The van der Waals surface area contributed by atoms with E-state index in [1.54, 1.807) is 31.2 Å². The van der Waals surface area contributed by atoms with Crippen LogP contribution in [0.4, 0.5) is 0 Å². The molecule has 0 atom stereocenters. The number of phenols is 2. The number of halogens is 2. The van der Waals surface area contributed by atoms with Crippen LogP contribution in [0.3, 0.4) is 0 Å². The number of carbonyl (C=O) groups excluding carboxylic acids is 2.